The highest BCUT2D eigenvalue weighted by molar-refractivity contribution is 5.91. The summed E-state index contributed by atoms with van der Waals surface area (Å²) < 4.78 is 0. The lowest BCUT2D eigenvalue weighted by Gasteiger charge is -2.36. The molecule has 1 aliphatic carbocycles. The summed E-state index contributed by atoms with van der Waals surface area (Å²) in [5, 5.41) is 11.6. The molecule has 1 rings (SSSR count). The van der Waals surface area contributed by atoms with E-state index in [1.165, 1.54) is 20.9 Å². The van der Waals surface area contributed by atoms with Gasteiger partial charge in [0.25, 0.3) is 0 Å². The zero-order valence-corrected chi connectivity index (χ0v) is 11.3. The van der Waals surface area contributed by atoms with Crippen molar-refractivity contribution in [3.8, 4) is 0 Å². The molecule has 1 amide bonds. The Bertz CT molecular complexity index is 417. The number of nitrogens with one attached hydrogen (secondary N) is 1. The molecule has 1 fully saturated rings. The van der Waals surface area contributed by atoms with Crippen molar-refractivity contribution in [2.75, 3.05) is 7.05 Å². The molecule has 0 bridgehead atoms. The molecule has 106 valence electrons. The van der Waals surface area contributed by atoms with Gasteiger partial charge < -0.3 is 10.4 Å². The van der Waals surface area contributed by atoms with Crippen LogP contribution >= 0.6 is 0 Å². The van der Waals surface area contributed by atoms with Crippen molar-refractivity contribution in [1.29, 1.82) is 0 Å². The predicted octanol–water partition coefficient (Wildman–Crippen LogP) is 0.254. The van der Waals surface area contributed by atoms with E-state index in [2.05, 4.69) is 5.32 Å². The van der Waals surface area contributed by atoms with E-state index in [1.807, 2.05) is 0 Å². The zero-order valence-electron chi connectivity index (χ0n) is 11.3. The van der Waals surface area contributed by atoms with E-state index in [-0.39, 0.29) is 30.3 Å². The Morgan fingerprint density at radius 3 is 1.68 bits per heavy atom. The zero-order chi connectivity index (χ0) is 14.7. The van der Waals surface area contributed by atoms with Crippen LogP contribution < -0.4 is 5.32 Å². The van der Waals surface area contributed by atoms with Gasteiger partial charge in [-0.2, -0.15) is 0 Å². The monoisotopic (exact) mass is 269 g/mol. The second kappa shape index (κ2) is 5.95. The fourth-order valence-electron chi connectivity index (χ4n) is 2.85. The third-order valence-corrected chi connectivity index (χ3v) is 3.93. The Kier molecular flexibility index (Phi) is 4.80. The number of hydrogen-bond acceptors (Lipinski definition) is 4. The molecule has 6 nitrogen and oxygen atoms in total. The van der Waals surface area contributed by atoms with Crippen LogP contribution in [0.15, 0.2) is 0 Å². The van der Waals surface area contributed by atoms with Gasteiger partial charge in [0, 0.05) is 24.8 Å². The first kappa shape index (κ1) is 15.3. The van der Waals surface area contributed by atoms with Crippen molar-refractivity contribution < 1.29 is 24.3 Å². The van der Waals surface area contributed by atoms with E-state index >= 15 is 0 Å². The van der Waals surface area contributed by atoms with Crippen molar-refractivity contribution in [3.63, 3.8) is 0 Å². The number of amides is 1. The molecule has 0 aromatic heterocycles. The number of ketones is 2. The molecule has 6 heteroatoms. The molecule has 4 unspecified atom stereocenters. The maximum absolute atomic E-state index is 11.8. The van der Waals surface area contributed by atoms with Crippen LogP contribution in [0.1, 0.15) is 26.7 Å². The number of rotatable bonds is 4. The highest BCUT2D eigenvalue weighted by Crippen LogP contribution is 2.39. The molecule has 4 atom stereocenters. The van der Waals surface area contributed by atoms with Crippen LogP contribution in [0.4, 0.5) is 0 Å². The van der Waals surface area contributed by atoms with E-state index in [1.54, 1.807) is 0 Å². The SMILES string of the molecule is CNC(=O)C1CC(C(C)=O)C(C(=O)O)CC1C(C)=O. The van der Waals surface area contributed by atoms with Crippen LogP contribution in [0, 0.1) is 23.7 Å². The molecule has 0 saturated heterocycles. The Labute approximate surface area is 111 Å². The molecule has 0 aromatic rings. The van der Waals surface area contributed by atoms with Crippen molar-refractivity contribution in [2.24, 2.45) is 23.7 Å². The minimum atomic E-state index is -1.08. The Morgan fingerprint density at radius 2 is 1.32 bits per heavy atom. The van der Waals surface area contributed by atoms with E-state index in [0.717, 1.165) is 0 Å². The second-order valence-electron chi connectivity index (χ2n) is 5.07. The quantitative estimate of drug-likeness (QED) is 0.762. The van der Waals surface area contributed by atoms with Gasteiger partial charge >= 0.3 is 5.97 Å². The Hall–Kier alpha value is -1.72. The number of carboxylic acid groups (broad SMARTS) is 1. The summed E-state index contributed by atoms with van der Waals surface area (Å²) in [6.07, 6.45) is 0.170. The van der Waals surface area contributed by atoms with Crippen LogP contribution in [-0.2, 0) is 19.2 Å². The molecule has 2 N–H and O–H groups in total. The number of hydrogen-bond donors (Lipinski definition) is 2. The molecule has 0 heterocycles. The maximum atomic E-state index is 11.8. The summed E-state index contributed by atoms with van der Waals surface area (Å²) in [4.78, 5) is 46.2. The lowest BCUT2D eigenvalue weighted by molar-refractivity contribution is -0.153. The van der Waals surface area contributed by atoms with Gasteiger partial charge in [0.15, 0.2) is 0 Å². The second-order valence-corrected chi connectivity index (χ2v) is 5.07. The fourth-order valence-corrected chi connectivity index (χ4v) is 2.85. The van der Waals surface area contributed by atoms with Crippen molar-refractivity contribution >= 4 is 23.4 Å². The molecule has 1 aliphatic rings. The minimum Gasteiger partial charge on any atom is -0.481 e. The standard InChI is InChI=1S/C13H19NO5/c1-6(15)8-5-11(13(18)19)9(7(2)16)4-10(8)12(17)14-3/h8-11H,4-5H2,1-3H3,(H,14,17)(H,18,19). The van der Waals surface area contributed by atoms with Crippen LogP contribution in [-0.4, -0.2) is 35.6 Å². The summed E-state index contributed by atoms with van der Waals surface area (Å²) in [6.45, 7) is 2.68. The number of carbonyl (C=O) groups excluding carboxylic acids is 3. The summed E-state index contributed by atoms with van der Waals surface area (Å²) in [5.74, 6) is -4.67. The van der Waals surface area contributed by atoms with Gasteiger partial charge in [-0.15, -0.1) is 0 Å². The number of carboxylic acids is 1. The molecule has 0 aliphatic heterocycles. The molecular weight excluding hydrogens is 250 g/mol. The van der Waals surface area contributed by atoms with Gasteiger partial charge in [-0.3, -0.25) is 19.2 Å². The van der Waals surface area contributed by atoms with Gasteiger partial charge in [-0.05, 0) is 26.7 Å². The summed E-state index contributed by atoms with van der Waals surface area (Å²) in [6, 6.07) is 0. The molecule has 1 saturated carbocycles. The highest BCUT2D eigenvalue weighted by atomic mass is 16.4. The summed E-state index contributed by atoms with van der Waals surface area (Å²) in [7, 11) is 1.46. The normalized spacial score (nSPS) is 30.5. The molecular formula is C13H19NO5. The van der Waals surface area contributed by atoms with Crippen LogP contribution in [0.3, 0.4) is 0 Å². The van der Waals surface area contributed by atoms with Gasteiger partial charge in [0.05, 0.1) is 5.92 Å². The van der Waals surface area contributed by atoms with Gasteiger partial charge in [0.2, 0.25) is 5.91 Å². The first-order chi connectivity index (χ1) is 8.79. The lowest BCUT2D eigenvalue weighted by atomic mass is 9.65. The van der Waals surface area contributed by atoms with Crippen molar-refractivity contribution in [1.82, 2.24) is 5.32 Å². The van der Waals surface area contributed by atoms with Gasteiger partial charge in [0.1, 0.15) is 11.6 Å². The van der Waals surface area contributed by atoms with E-state index in [4.69, 9.17) is 0 Å². The number of Topliss-reactive ketones (excluding diaryl/α,β-unsaturated/α-hetero) is 2. The molecule has 0 radical (unpaired) electrons. The third kappa shape index (κ3) is 3.19. The predicted molar refractivity (Wildman–Crippen MR) is 66.3 cm³/mol. The van der Waals surface area contributed by atoms with E-state index in [0.29, 0.717) is 0 Å². The Balaban J connectivity index is 3.07. The van der Waals surface area contributed by atoms with Crippen molar-refractivity contribution in [3.05, 3.63) is 0 Å². The first-order valence-corrected chi connectivity index (χ1v) is 6.24. The summed E-state index contributed by atoms with van der Waals surface area (Å²) >= 11 is 0. The van der Waals surface area contributed by atoms with E-state index < -0.39 is 29.6 Å². The van der Waals surface area contributed by atoms with Crippen LogP contribution in [0.5, 0.6) is 0 Å². The number of carbonyl (C=O) groups is 4. The largest absolute Gasteiger partial charge is 0.481 e. The highest BCUT2D eigenvalue weighted by Gasteiger charge is 2.46. The van der Waals surface area contributed by atoms with Crippen LogP contribution in [0.2, 0.25) is 0 Å². The van der Waals surface area contributed by atoms with Gasteiger partial charge in [-0.1, -0.05) is 0 Å². The molecule has 19 heavy (non-hydrogen) atoms. The summed E-state index contributed by atoms with van der Waals surface area (Å²) in [5.41, 5.74) is 0. The lowest BCUT2D eigenvalue weighted by Crippen LogP contribution is -2.46. The minimum absolute atomic E-state index is 0.0486. The maximum Gasteiger partial charge on any atom is 0.307 e. The fraction of sp³-hybridized carbons (Fsp3) is 0.692. The Morgan fingerprint density at radius 1 is 0.895 bits per heavy atom. The average Bonchev–Trinajstić information content (AvgIpc) is 2.35. The van der Waals surface area contributed by atoms with Crippen molar-refractivity contribution in [2.45, 2.75) is 26.7 Å². The van der Waals surface area contributed by atoms with Gasteiger partial charge in [-0.25, -0.2) is 0 Å². The number of aliphatic carboxylic acids is 1. The third-order valence-electron chi connectivity index (χ3n) is 3.93. The average molecular weight is 269 g/mol. The van der Waals surface area contributed by atoms with Crippen LogP contribution in [0.25, 0.3) is 0 Å². The topological polar surface area (TPSA) is 101 Å². The molecule has 0 spiro atoms. The first-order valence-electron chi connectivity index (χ1n) is 6.24. The smallest absolute Gasteiger partial charge is 0.307 e. The van der Waals surface area contributed by atoms with E-state index in [9.17, 15) is 24.3 Å². The molecule has 0 aromatic carbocycles.